The summed E-state index contributed by atoms with van der Waals surface area (Å²) in [7, 11) is 1.21. The van der Waals surface area contributed by atoms with Crippen LogP contribution >= 0.6 is 0 Å². The molecule has 0 aromatic heterocycles. The summed E-state index contributed by atoms with van der Waals surface area (Å²) in [6, 6.07) is 2.81. The summed E-state index contributed by atoms with van der Waals surface area (Å²) >= 11 is 0. The van der Waals surface area contributed by atoms with E-state index in [1.54, 1.807) is 0 Å². The summed E-state index contributed by atoms with van der Waals surface area (Å²) in [5.74, 6) is -3.21. The Morgan fingerprint density at radius 2 is 1.72 bits per heavy atom. The maximum atomic E-state index is 13.8. The number of methoxy groups -OCH3 is 1. The van der Waals surface area contributed by atoms with Gasteiger partial charge in [0.15, 0.2) is 0 Å². The van der Waals surface area contributed by atoms with Crippen LogP contribution in [0.5, 0.6) is 0 Å². The second-order valence-corrected chi connectivity index (χ2v) is 5.45. The van der Waals surface area contributed by atoms with E-state index in [0.29, 0.717) is 25.6 Å². The summed E-state index contributed by atoms with van der Waals surface area (Å²) in [5.41, 5.74) is -0.202. The van der Waals surface area contributed by atoms with E-state index in [1.807, 2.05) is 0 Å². The first-order valence-electron chi connectivity index (χ1n) is 7.71. The van der Waals surface area contributed by atoms with Crippen LogP contribution in [0.15, 0.2) is 30.4 Å². The van der Waals surface area contributed by atoms with Crippen molar-refractivity contribution in [3.8, 4) is 0 Å². The molecule has 0 unspecified atom stereocenters. The minimum atomic E-state index is -0.914. The number of esters is 1. The number of amides is 2. The molecule has 25 heavy (non-hydrogen) atoms. The van der Waals surface area contributed by atoms with Crippen molar-refractivity contribution < 1.29 is 27.9 Å². The fourth-order valence-corrected chi connectivity index (χ4v) is 2.49. The summed E-state index contributed by atoms with van der Waals surface area (Å²) in [6.45, 7) is 1.21. The number of carbonyl (C=O) groups excluding carboxylic acids is 3. The standard InChI is InChI=1S/C17H18F2N2O4/c1-25-16(23)6-5-15(22)20-7-2-8-21(10-9-20)17(24)13-4-3-12(18)11-14(13)19/h3-6,11H,2,7-10H2,1H3/b6-5+. The van der Waals surface area contributed by atoms with E-state index >= 15 is 0 Å². The van der Waals surface area contributed by atoms with Gasteiger partial charge in [-0.1, -0.05) is 0 Å². The van der Waals surface area contributed by atoms with E-state index in [0.717, 1.165) is 24.3 Å². The van der Waals surface area contributed by atoms with Crippen molar-refractivity contribution in [1.82, 2.24) is 9.80 Å². The minimum Gasteiger partial charge on any atom is -0.466 e. The number of hydrogen-bond donors (Lipinski definition) is 0. The largest absolute Gasteiger partial charge is 0.466 e. The van der Waals surface area contributed by atoms with Gasteiger partial charge in [0, 0.05) is 44.4 Å². The Morgan fingerprint density at radius 1 is 1.04 bits per heavy atom. The van der Waals surface area contributed by atoms with Gasteiger partial charge in [0.25, 0.3) is 5.91 Å². The Hall–Kier alpha value is -2.77. The third-order valence-corrected chi connectivity index (χ3v) is 3.82. The molecule has 0 bridgehead atoms. The third kappa shape index (κ3) is 4.85. The first-order valence-corrected chi connectivity index (χ1v) is 7.71. The van der Waals surface area contributed by atoms with Crippen LogP contribution in [0.3, 0.4) is 0 Å². The Bertz CT molecular complexity index is 706. The summed E-state index contributed by atoms with van der Waals surface area (Å²) in [4.78, 5) is 38.4. The highest BCUT2D eigenvalue weighted by Gasteiger charge is 2.24. The lowest BCUT2D eigenvalue weighted by Crippen LogP contribution is -2.37. The zero-order chi connectivity index (χ0) is 18.4. The molecule has 134 valence electrons. The average molecular weight is 352 g/mol. The monoisotopic (exact) mass is 352 g/mol. The van der Waals surface area contributed by atoms with Crippen molar-refractivity contribution >= 4 is 17.8 Å². The molecule has 1 fully saturated rings. The summed E-state index contributed by atoms with van der Waals surface area (Å²) in [5, 5.41) is 0. The molecule has 2 rings (SSSR count). The Kier molecular flexibility index (Phi) is 6.21. The average Bonchev–Trinajstić information content (AvgIpc) is 2.85. The van der Waals surface area contributed by atoms with E-state index in [4.69, 9.17) is 0 Å². The van der Waals surface area contributed by atoms with Crippen LogP contribution in [0.4, 0.5) is 8.78 Å². The van der Waals surface area contributed by atoms with Crippen molar-refractivity contribution in [2.24, 2.45) is 0 Å². The summed E-state index contributed by atoms with van der Waals surface area (Å²) < 4.78 is 31.2. The molecule has 2 amide bonds. The zero-order valence-corrected chi connectivity index (χ0v) is 13.7. The van der Waals surface area contributed by atoms with Gasteiger partial charge in [-0.3, -0.25) is 9.59 Å². The predicted molar refractivity (Wildman–Crippen MR) is 84.6 cm³/mol. The van der Waals surface area contributed by atoms with Crippen LogP contribution in [-0.4, -0.2) is 60.9 Å². The highest BCUT2D eigenvalue weighted by molar-refractivity contribution is 5.95. The molecule has 0 atom stereocenters. The zero-order valence-electron chi connectivity index (χ0n) is 13.7. The molecule has 1 aliphatic rings. The second-order valence-electron chi connectivity index (χ2n) is 5.45. The molecule has 0 spiro atoms. The van der Waals surface area contributed by atoms with Gasteiger partial charge < -0.3 is 14.5 Å². The van der Waals surface area contributed by atoms with E-state index in [2.05, 4.69) is 4.74 Å². The normalized spacial score (nSPS) is 15.2. The fourth-order valence-electron chi connectivity index (χ4n) is 2.49. The Labute approximate surface area is 143 Å². The van der Waals surface area contributed by atoms with Gasteiger partial charge in [-0.05, 0) is 18.6 Å². The van der Waals surface area contributed by atoms with E-state index in [-0.39, 0.29) is 24.6 Å². The van der Waals surface area contributed by atoms with Crippen LogP contribution in [0.1, 0.15) is 16.8 Å². The lowest BCUT2D eigenvalue weighted by Gasteiger charge is -2.21. The molecule has 0 radical (unpaired) electrons. The topological polar surface area (TPSA) is 66.9 Å². The first-order chi connectivity index (χ1) is 11.9. The van der Waals surface area contributed by atoms with Crippen molar-refractivity contribution in [3.63, 3.8) is 0 Å². The number of nitrogens with zero attached hydrogens (tertiary/aromatic N) is 2. The maximum absolute atomic E-state index is 13.8. The van der Waals surface area contributed by atoms with Crippen molar-refractivity contribution in [2.75, 3.05) is 33.3 Å². The molecular formula is C17H18F2N2O4. The van der Waals surface area contributed by atoms with Gasteiger partial charge in [-0.2, -0.15) is 0 Å². The van der Waals surface area contributed by atoms with Gasteiger partial charge in [-0.25, -0.2) is 13.6 Å². The molecule has 0 aliphatic carbocycles. The van der Waals surface area contributed by atoms with Gasteiger partial charge in [0.2, 0.25) is 5.91 Å². The minimum absolute atomic E-state index is 0.202. The van der Waals surface area contributed by atoms with Crippen LogP contribution in [0.2, 0.25) is 0 Å². The molecule has 1 aromatic carbocycles. The molecule has 1 heterocycles. The molecule has 1 aromatic rings. The lowest BCUT2D eigenvalue weighted by atomic mass is 10.1. The van der Waals surface area contributed by atoms with Gasteiger partial charge in [0.1, 0.15) is 11.6 Å². The van der Waals surface area contributed by atoms with E-state index in [1.165, 1.54) is 16.9 Å². The maximum Gasteiger partial charge on any atom is 0.330 e. The fraction of sp³-hybridized carbons (Fsp3) is 0.353. The van der Waals surface area contributed by atoms with Crippen LogP contribution in [0.25, 0.3) is 0 Å². The summed E-state index contributed by atoms with van der Waals surface area (Å²) in [6.07, 6.45) is 2.65. The quantitative estimate of drug-likeness (QED) is 0.609. The molecule has 1 aliphatic heterocycles. The van der Waals surface area contributed by atoms with E-state index in [9.17, 15) is 23.2 Å². The lowest BCUT2D eigenvalue weighted by molar-refractivity contribution is -0.135. The molecule has 8 heteroatoms. The molecular weight excluding hydrogens is 334 g/mol. The smallest absolute Gasteiger partial charge is 0.330 e. The number of halogens is 2. The highest BCUT2D eigenvalue weighted by Crippen LogP contribution is 2.14. The number of rotatable bonds is 3. The van der Waals surface area contributed by atoms with Crippen LogP contribution < -0.4 is 0 Å². The second kappa shape index (κ2) is 8.36. The molecule has 0 saturated carbocycles. The Morgan fingerprint density at radius 3 is 2.40 bits per heavy atom. The number of ether oxygens (including phenoxy) is 1. The van der Waals surface area contributed by atoms with Gasteiger partial charge in [-0.15, -0.1) is 0 Å². The van der Waals surface area contributed by atoms with E-state index < -0.39 is 23.5 Å². The number of hydrogen-bond acceptors (Lipinski definition) is 4. The molecule has 6 nitrogen and oxygen atoms in total. The van der Waals surface area contributed by atoms with Crippen LogP contribution in [-0.2, 0) is 14.3 Å². The highest BCUT2D eigenvalue weighted by atomic mass is 19.1. The SMILES string of the molecule is COC(=O)/C=C/C(=O)N1CCCN(C(=O)c2ccc(F)cc2F)CC1. The van der Waals surface area contributed by atoms with Crippen molar-refractivity contribution in [1.29, 1.82) is 0 Å². The molecule has 1 saturated heterocycles. The Balaban J connectivity index is 2.01. The predicted octanol–water partition coefficient (Wildman–Crippen LogP) is 1.37. The van der Waals surface area contributed by atoms with Crippen molar-refractivity contribution in [3.05, 3.63) is 47.5 Å². The first kappa shape index (κ1) is 18.6. The number of benzene rings is 1. The van der Waals surface area contributed by atoms with Gasteiger partial charge in [0.05, 0.1) is 12.7 Å². The van der Waals surface area contributed by atoms with Crippen LogP contribution in [0, 0.1) is 11.6 Å². The third-order valence-electron chi connectivity index (χ3n) is 3.82. The number of carbonyl (C=O) groups is 3. The van der Waals surface area contributed by atoms with Crippen molar-refractivity contribution in [2.45, 2.75) is 6.42 Å². The molecule has 0 N–H and O–H groups in total. The van der Waals surface area contributed by atoms with Gasteiger partial charge >= 0.3 is 5.97 Å².